The van der Waals surface area contributed by atoms with E-state index in [4.69, 9.17) is 9.47 Å². The van der Waals surface area contributed by atoms with E-state index in [1.807, 2.05) is 48.5 Å². The van der Waals surface area contributed by atoms with Crippen LogP contribution in [0.2, 0.25) is 0 Å². The Bertz CT molecular complexity index is 1160. The number of likely N-dealkylation sites (N-methyl/N-ethyl adjacent to an activating group) is 1. The third-order valence-corrected chi connectivity index (χ3v) is 7.38. The molecule has 0 aliphatic carbocycles. The van der Waals surface area contributed by atoms with Gasteiger partial charge >= 0.3 is 6.03 Å². The lowest BCUT2D eigenvalue weighted by atomic mass is 10.0. The number of carbonyl (C=O) groups excluding carboxylic acids is 3. The molecule has 2 heterocycles. The van der Waals surface area contributed by atoms with Crippen molar-refractivity contribution in [3.05, 3.63) is 59.7 Å². The number of nitrogens with one attached hydrogen (secondary N) is 1. The summed E-state index contributed by atoms with van der Waals surface area (Å²) in [5, 5.41) is 6.24. The fourth-order valence-electron chi connectivity index (χ4n) is 5.34. The molecule has 2 aliphatic heterocycles. The average molecular weight is 538 g/mol. The summed E-state index contributed by atoms with van der Waals surface area (Å²) in [6, 6.07) is 14.5. The van der Waals surface area contributed by atoms with Crippen LogP contribution >= 0.6 is 0 Å². The maximum absolute atomic E-state index is 13.7. The minimum Gasteiger partial charge on any atom is -0.493 e. The standard InChI is InChI=1S/C29H39N5O5/c1-5-6-12-23-28(36)32(16-15-21-13-14-24(38-3)25(17-21)39-4)19-26-33(23)27(35)20-31(2)34(26)29(37)30-18-22-10-8-7-9-11-22/h7-11,13-14,17,23,26H,5-6,12,15-16,18-20H2,1-4H3,(H,30,37)/t23-,26-/m0/s1. The van der Waals surface area contributed by atoms with Gasteiger partial charge in [0.05, 0.1) is 27.3 Å². The zero-order valence-corrected chi connectivity index (χ0v) is 23.3. The number of piperazine rings is 1. The highest BCUT2D eigenvalue weighted by molar-refractivity contribution is 5.91. The molecule has 210 valence electrons. The van der Waals surface area contributed by atoms with Crippen molar-refractivity contribution in [1.29, 1.82) is 0 Å². The molecule has 2 fully saturated rings. The van der Waals surface area contributed by atoms with Crippen molar-refractivity contribution >= 4 is 17.8 Å². The van der Waals surface area contributed by atoms with Gasteiger partial charge in [0.2, 0.25) is 11.8 Å². The van der Waals surface area contributed by atoms with Crippen LogP contribution in [0, 0.1) is 0 Å². The van der Waals surface area contributed by atoms with Gasteiger partial charge in [-0.05, 0) is 36.1 Å². The van der Waals surface area contributed by atoms with Crippen molar-refractivity contribution < 1.29 is 23.9 Å². The van der Waals surface area contributed by atoms with Gasteiger partial charge in [0, 0.05) is 20.1 Å². The number of ether oxygens (including phenoxy) is 2. The zero-order valence-electron chi connectivity index (χ0n) is 23.3. The molecule has 2 saturated heterocycles. The number of nitrogens with zero attached hydrogens (tertiary/aromatic N) is 4. The number of hydrazine groups is 1. The summed E-state index contributed by atoms with van der Waals surface area (Å²) in [6.07, 6.45) is 2.30. The van der Waals surface area contributed by atoms with Crippen LogP contribution in [0.25, 0.3) is 0 Å². The van der Waals surface area contributed by atoms with Crippen molar-refractivity contribution in [3.8, 4) is 11.5 Å². The van der Waals surface area contributed by atoms with Crippen molar-refractivity contribution in [2.75, 3.05) is 40.9 Å². The molecule has 2 atom stereocenters. The van der Waals surface area contributed by atoms with Crippen LogP contribution in [0.15, 0.2) is 48.5 Å². The van der Waals surface area contributed by atoms with E-state index in [1.54, 1.807) is 41.1 Å². The lowest BCUT2D eigenvalue weighted by Crippen LogP contribution is -2.76. The molecule has 0 saturated carbocycles. The summed E-state index contributed by atoms with van der Waals surface area (Å²) in [7, 11) is 4.93. The van der Waals surface area contributed by atoms with Crippen LogP contribution in [-0.2, 0) is 22.6 Å². The van der Waals surface area contributed by atoms with E-state index in [0.717, 1.165) is 24.0 Å². The average Bonchev–Trinajstić information content (AvgIpc) is 2.95. The summed E-state index contributed by atoms with van der Waals surface area (Å²) in [6.45, 7) is 3.17. The Labute approximate surface area is 230 Å². The van der Waals surface area contributed by atoms with Gasteiger partial charge < -0.3 is 24.6 Å². The van der Waals surface area contributed by atoms with Crippen molar-refractivity contribution in [2.45, 2.75) is 51.4 Å². The number of rotatable bonds is 10. The number of hydrogen-bond donors (Lipinski definition) is 1. The highest BCUT2D eigenvalue weighted by Gasteiger charge is 2.50. The number of carbonyl (C=O) groups is 3. The minimum atomic E-state index is -0.597. The SMILES string of the molecule is CCCC[C@H]1C(=O)N(CCc2ccc(OC)c(OC)c2)C[C@H]2N1C(=O)CN(C)N2C(=O)NCc1ccccc1. The van der Waals surface area contributed by atoms with Gasteiger partial charge in [-0.1, -0.05) is 56.2 Å². The molecule has 4 rings (SSSR count). The van der Waals surface area contributed by atoms with E-state index < -0.39 is 12.2 Å². The fraction of sp³-hybridized carbons (Fsp3) is 0.483. The predicted molar refractivity (Wildman–Crippen MR) is 147 cm³/mol. The Morgan fingerprint density at radius 2 is 1.77 bits per heavy atom. The summed E-state index contributed by atoms with van der Waals surface area (Å²) < 4.78 is 10.8. The molecule has 4 amide bonds. The van der Waals surface area contributed by atoms with Crippen LogP contribution in [-0.4, -0.2) is 90.8 Å². The molecular weight excluding hydrogens is 498 g/mol. The number of methoxy groups -OCH3 is 2. The monoisotopic (exact) mass is 537 g/mol. The number of fused-ring (bicyclic) bond motifs is 1. The first-order valence-electron chi connectivity index (χ1n) is 13.5. The smallest absolute Gasteiger partial charge is 0.334 e. The van der Waals surface area contributed by atoms with E-state index >= 15 is 0 Å². The molecular formula is C29H39N5O5. The van der Waals surface area contributed by atoms with Crippen LogP contribution in [0.4, 0.5) is 4.79 Å². The third-order valence-electron chi connectivity index (χ3n) is 7.38. The molecule has 1 N–H and O–H groups in total. The van der Waals surface area contributed by atoms with Gasteiger partial charge in [-0.2, -0.15) is 0 Å². The molecule has 0 radical (unpaired) electrons. The second kappa shape index (κ2) is 12.8. The maximum atomic E-state index is 13.7. The number of unbranched alkanes of at least 4 members (excludes halogenated alkanes) is 1. The van der Waals surface area contributed by atoms with Gasteiger partial charge in [-0.15, -0.1) is 0 Å². The Balaban J connectivity index is 1.55. The highest BCUT2D eigenvalue weighted by atomic mass is 16.5. The van der Waals surface area contributed by atoms with Crippen molar-refractivity contribution in [2.24, 2.45) is 0 Å². The van der Waals surface area contributed by atoms with E-state index in [1.165, 1.54) is 0 Å². The van der Waals surface area contributed by atoms with E-state index in [2.05, 4.69) is 12.2 Å². The Morgan fingerprint density at radius 1 is 1.03 bits per heavy atom. The first-order chi connectivity index (χ1) is 18.9. The molecule has 39 heavy (non-hydrogen) atoms. The molecule has 2 aromatic rings. The minimum absolute atomic E-state index is 0.0385. The topological polar surface area (TPSA) is 94.7 Å². The molecule has 0 aromatic heterocycles. The van der Waals surface area contributed by atoms with Crippen LogP contribution in [0.5, 0.6) is 11.5 Å². The van der Waals surface area contributed by atoms with Crippen LogP contribution in [0.3, 0.4) is 0 Å². The number of amides is 4. The molecule has 2 aliphatic rings. The van der Waals surface area contributed by atoms with Gasteiger partial charge in [-0.3, -0.25) is 9.59 Å². The van der Waals surface area contributed by atoms with E-state index in [-0.39, 0.29) is 30.9 Å². The number of urea groups is 1. The van der Waals surface area contributed by atoms with Crippen LogP contribution in [0.1, 0.15) is 37.3 Å². The van der Waals surface area contributed by atoms with Crippen LogP contribution < -0.4 is 14.8 Å². The first kappa shape index (κ1) is 28.2. The van der Waals surface area contributed by atoms with Crippen molar-refractivity contribution in [1.82, 2.24) is 25.1 Å². The number of hydrogen-bond acceptors (Lipinski definition) is 6. The molecule has 10 nitrogen and oxygen atoms in total. The molecule has 0 unspecified atom stereocenters. The fourth-order valence-corrected chi connectivity index (χ4v) is 5.34. The quantitative estimate of drug-likeness (QED) is 0.501. The Morgan fingerprint density at radius 3 is 2.46 bits per heavy atom. The maximum Gasteiger partial charge on any atom is 0.334 e. The zero-order chi connectivity index (χ0) is 27.9. The Kier molecular flexibility index (Phi) is 9.29. The van der Waals surface area contributed by atoms with Crippen molar-refractivity contribution in [3.63, 3.8) is 0 Å². The second-order valence-electron chi connectivity index (χ2n) is 9.97. The molecule has 10 heteroatoms. The lowest BCUT2D eigenvalue weighted by molar-refractivity contribution is -0.187. The largest absolute Gasteiger partial charge is 0.493 e. The molecule has 0 spiro atoms. The lowest BCUT2D eigenvalue weighted by Gasteiger charge is -2.54. The van der Waals surface area contributed by atoms with Gasteiger partial charge in [0.15, 0.2) is 11.5 Å². The van der Waals surface area contributed by atoms with Gasteiger partial charge in [0.1, 0.15) is 12.2 Å². The number of benzene rings is 2. The van der Waals surface area contributed by atoms with Gasteiger partial charge in [-0.25, -0.2) is 14.8 Å². The summed E-state index contributed by atoms with van der Waals surface area (Å²) >= 11 is 0. The molecule has 0 bridgehead atoms. The summed E-state index contributed by atoms with van der Waals surface area (Å²) in [4.78, 5) is 43.9. The summed E-state index contributed by atoms with van der Waals surface area (Å²) in [5.74, 6) is 1.07. The predicted octanol–water partition coefficient (Wildman–Crippen LogP) is 2.87. The Hall–Kier alpha value is -3.79. The third kappa shape index (κ3) is 6.27. The summed E-state index contributed by atoms with van der Waals surface area (Å²) in [5.41, 5.74) is 1.98. The highest BCUT2D eigenvalue weighted by Crippen LogP contribution is 2.30. The second-order valence-corrected chi connectivity index (χ2v) is 9.97. The van der Waals surface area contributed by atoms with E-state index in [9.17, 15) is 14.4 Å². The van der Waals surface area contributed by atoms with E-state index in [0.29, 0.717) is 37.4 Å². The van der Waals surface area contributed by atoms with Gasteiger partial charge in [0.25, 0.3) is 0 Å². The molecule has 2 aromatic carbocycles. The normalized spacial score (nSPS) is 19.6. The first-order valence-corrected chi connectivity index (χ1v) is 13.5.